The lowest BCUT2D eigenvalue weighted by Crippen LogP contribution is -2.40. The first kappa shape index (κ1) is 22.2. The van der Waals surface area contributed by atoms with E-state index in [0.717, 1.165) is 6.07 Å². The monoisotopic (exact) mass is 454 g/mol. The van der Waals surface area contributed by atoms with Crippen LogP contribution in [0.1, 0.15) is 5.56 Å². The number of nitrogens with one attached hydrogen (secondary N) is 1. The van der Waals surface area contributed by atoms with Crippen molar-refractivity contribution in [1.29, 1.82) is 0 Å². The first-order valence-electron chi connectivity index (χ1n) is 9.01. The van der Waals surface area contributed by atoms with Crippen LogP contribution in [0.5, 0.6) is 5.75 Å². The number of benzene rings is 2. The SMILES string of the molecule is COc1ccc(C=CC(=O)Nc2cc(Cl)ccc2F)cc1S(=O)(=O)N1CCOCC1. The number of hydrogen-bond acceptors (Lipinski definition) is 5. The van der Waals surface area contributed by atoms with E-state index < -0.39 is 21.7 Å². The highest BCUT2D eigenvalue weighted by Crippen LogP contribution is 2.29. The molecule has 0 spiro atoms. The standard InChI is InChI=1S/C20H20ClFN2O5S/c1-28-18-6-2-14(12-19(18)30(26,27)24-8-10-29-11-9-24)3-7-20(25)23-17-13-15(21)4-5-16(17)22/h2-7,12-13H,8-11H2,1H3,(H,23,25). The zero-order chi connectivity index (χ0) is 21.7. The van der Waals surface area contributed by atoms with Crippen LogP contribution in [0, 0.1) is 5.82 Å². The zero-order valence-corrected chi connectivity index (χ0v) is 17.7. The molecule has 7 nitrogen and oxygen atoms in total. The molecule has 0 saturated carbocycles. The number of morpholine rings is 1. The Balaban J connectivity index is 1.82. The molecule has 160 valence electrons. The van der Waals surface area contributed by atoms with Crippen molar-refractivity contribution in [3.63, 3.8) is 0 Å². The summed E-state index contributed by atoms with van der Waals surface area (Å²) in [4.78, 5) is 12.1. The summed E-state index contributed by atoms with van der Waals surface area (Å²) in [7, 11) is -2.41. The molecule has 1 amide bonds. The first-order chi connectivity index (χ1) is 14.3. The van der Waals surface area contributed by atoms with E-state index in [9.17, 15) is 17.6 Å². The van der Waals surface area contributed by atoms with Gasteiger partial charge in [0.15, 0.2) is 0 Å². The van der Waals surface area contributed by atoms with E-state index in [1.807, 2.05) is 0 Å². The number of carbonyl (C=O) groups excluding carboxylic acids is 1. The molecule has 0 bridgehead atoms. The Labute approximate surface area is 179 Å². The molecule has 1 aliphatic rings. The highest BCUT2D eigenvalue weighted by molar-refractivity contribution is 7.89. The van der Waals surface area contributed by atoms with Crippen molar-refractivity contribution in [2.75, 3.05) is 38.7 Å². The summed E-state index contributed by atoms with van der Waals surface area (Å²) < 4.78 is 51.5. The molecule has 3 rings (SSSR count). The van der Waals surface area contributed by atoms with Gasteiger partial charge in [0.05, 0.1) is 26.0 Å². The van der Waals surface area contributed by atoms with Gasteiger partial charge in [-0.3, -0.25) is 4.79 Å². The average molecular weight is 455 g/mol. The van der Waals surface area contributed by atoms with E-state index in [1.165, 1.54) is 47.8 Å². The largest absolute Gasteiger partial charge is 0.495 e. The molecule has 2 aromatic carbocycles. The lowest BCUT2D eigenvalue weighted by Gasteiger charge is -2.26. The highest BCUT2D eigenvalue weighted by Gasteiger charge is 2.29. The number of anilines is 1. The second-order valence-corrected chi connectivity index (χ2v) is 8.72. The molecule has 1 aliphatic heterocycles. The molecule has 1 heterocycles. The number of rotatable bonds is 6. The van der Waals surface area contributed by atoms with Crippen molar-refractivity contribution in [2.45, 2.75) is 4.90 Å². The van der Waals surface area contributed by atoms with E-state index in [1.54, 1.807) is 6.07 Å². The Morgan fingerprint density at radius 2 is 1.97 bits per heavy atom. The topological polar surface area (TPSA) is 84.9 Å². The van der Waals surface area contributed by atoms with Gasteiger partial charge in [-0.05, 0) is 42.0 Å². The second kappa shape index (κ2) is 9.57. The molecule has 0 atom stereocenters. The molecule has 1 saturated heterocycles. The van der Waals surface area contributed by atoms with Gasteiger partial charge >= 0.3 is 0 Å². The minimum atomic E-state index is -3.80. The summed E-state index contributed by atoms with van der Waals surface area (Å²) in [5.74, 6) is -1.02. The van der Waals surface area contributed by atoms with Gasteiger partial charge < -0.3 is 14.8 Å². The predicted octanol–water partition coefficient (Wildman–Crippen LogP) is 3.16. The number of halogens is 2. The fourth-order valence-electron chi connectivity index (χ4n) is 2.86. The van der Waals surface area contributed by atoms with Crippen LogP contribution in [0.4, 0.5) is 10.1 Å². The number of nitrogens with zero attached hydrogens (tertiary/aromatic N) is 1. The van der Waals surface area contributed by atoms with Gasteiger partial charge in [-0.2, -0.15) is 4.31 Å². The molecule has 0 unspecified atom stereocenters. The number of ether oxygens (including phenoxy) is 2. The van der Waals surface area contributed by atoms with Crippen molar-refractivity contribution in [1.82, 2.24) is 4.31 Å². The van der Waals surface area contributed by atoms with Crippen LogP contribution < -0.4 is 10.1 Å². The summed E-state index contributed by atoms with van der Waals surface area (Å²) in [6, 6.07) is 8.36. The summed E-state index contributed by atoms with van der Waals surface area (Å²) in [5.41, 5.74) is 0.409. The molecule has 0 aromatic heterocycles. The number of carbonyl (C=O) groups is 1. The van der Waals surface area contributed by atoms with E-state index in [0.29, 0.717) is 18.8 Å². The van der Waals surface area contributed by atoms with Crippen LogP contribution in [0.15, 0.2) is 47.4 Å². The lowest BCUT2D eigenvalue weighted by molar-refractivity contribution is -0.111. The maximum atomic E-state index is 13.7. The van der Waals surface area contributed by atoms with Crippen molar-refractivity contribution in [2.24, 2.45) is 0 Å². The Morgan fingerprint density at radius 3 is 2.67 bits per heavy atom. The Kier molecular flexibility index (Phi) is 7.09. The fourth-order valence-corrected chi connectivity index (χ4v) is 4.63. The molecule has 0 aliphatic carbocycles. The third kappa shape index (κ3) is 5.17. The van der Waals surface area contributed by atoms with Gasteiger partial charge in [0.1, 0.15) is 16.5 Å². The maximum Gasteiger partial charge on any atom is 0.248 e. The number of sulfonamides is 1. The predicted molar refractivity (Wildman–Crippen MR) is 112 cm³/mol. The summed E-state index contributed by atoms with van der Waals surface area (Å²) in [5, 5.41) is 2.67. The van der Waals surface area contributed by atoms with Crippen LogP contribution >= 0.6 is 11.6 Å². The Bertz CT molecular complexity index is 1070. The zero-order valence-electron chi connectivity index (χ0n) is 16.1. The maximum absolute atomic E-state index is 13.7. The van der Waals surface area contributed by atoms with Crippen molar-refractivity contribution in [3.8, 4) is 5.75 Å². The van der Waals surface area contributed by atoms with E-state index in [2.05, 4.69) is 5.32 Å². The highest BCUT2D eigenvalue weighted by atomic mass is 35.5. The Morgan fingerprint density at radius 1 is 1.23 bits per heavy atom. The van der Waals surface area contributed by atoms with E-state index in [4.69, 9.17) is 21.1 Å². The van der Waals surface area contributed by atoms with Crippen molar-refractivity contribution in [3.05, 3.63) is 58.9 Å². The normalized spacial score (nSPS) is 15.3. The fraction of sp³-hybridized carbons (Fsp3) is 0.250. The van der Waals surface area contributed by atoms with Gasteiger partial charge in [0, 0.05) is 24.2 Å². The number of methoxy groups -OCH3 is 1. The van der Waals surface area contributed by atoms with Gasteiger partial charge in [0.2, 0.25) is 15.9 Å². The lowest BCUT2D eigenvalue weighted by atomic mass is 10.2. The molecule has 1 N–H and O–H groups in total. The molecule has 0 radical (unpaired) electrons. The minimum Gasteiger partial charge on any atom is -0.495 e. The molecule has 10 heteroatoms. The smallest absolute Gasteiger partial charge is 0.248 e. The quantitative estimate of drug-likeness (QED) is 0.678. The van der Waals surface area contributed by atoms with Crippen molar-refractivity contribution >= 4 is 39.3 Å². The summed E-state index contributed by atoms with van der Waals surface area (Å²) >= 11 is 5.81. The molecular formula is C20H20ClFN2O5S. The third-order valence-electron chi connectivity index (χ3n) is 4.39. The van der Waals surface area contributed by atoms with Gasteiger partial charge in [-0.15, -0.1) is 0 Å². The molecule has 2 aromatic rings. The molecule has 1 fully saturated rings. The minimum absolute atomic E-state index is 0.00431. The van der Waals surface area contributed by atoms with Crippen LogP contribution in [0.2, 0.25) is 5.02 Å². The first-order valence-corrected chi connectivity index (χ1v) is 10.8. The van der Waals surface area contributed by atoms with Crippen molar-refractivity contribution < 1.29 is 27.1 Å². The summed E-state index contributed by atoms with van der Waals surface area (Å²) in [6.07, 6.45) is 2.60. The van der Waals surface area contributed by atoms with E-state index in [-0.39, 0.29) is 34.4 Å². The molecule has 30 heavy (non-hydrogen) atoms. The van der Waals surface area contributed by atoms with Gasteiger partial charge in [0.25, 0.3) is 0 Å². The Hall–Kier alpha value is -2.46. The summed E-state index contributed by atoms with van der Waals surface area (Å²) in [6.45, 7) is 1.14. The van der Waals surface area contributed by atoms with Crippen LogP contribution in [-0.4, -0.2) is 52.0 Å². The second-order valence-electron chi connectivity index (χ2n) is 6.37. The number of hydrogen-bond donors (Lipinski definition) is 1. The average Bonchev–Trinajstić information content (AvgIpc) is 2.75. The number of amides is 1. The van der Waals surface area contributed by atoms with Crippen LogP contribution in [-0.2, 0) is 19.6 Å². The van der Waals surface area contributed by atoms with Crippen LogP contribution in [0.3, 0.4) is 0 Å². The van der Waals surface area contributed by atoms with Gasteiger partial charge in [-0.25, -0.2) is 12.8 Å². The molecular weight excluding hydrogens is 435 g/mol. The van der Waals surface area contributed by atoms with Gasteiger partial charge in [-0.1, -0.05) is 17.7 Å². The third-order valence-corrected chi connectivity index (χ3v) is 6.54. The van der Waals surface area contributed by atoms with E-state index >= 15 is 0 Å². The van der Waals surface area contributed by atoms with Crippen LogP contribution in [0.25, 0.3) is 6.08 Å².